The molecule has 0 amide bonds. The van der Waals surface area contributed by atoms with Crippen LogP contribution in [0.4, 0.5) is 0 Å². The lowest BCUT2D eigenvalue weighted by molar-refractivity contribution is 0.0756. The molecule has 5 N–H and O–H groups in total. The summed E-state index contributed by atoms with van der Waals surface area (Å²) in [7, 11) is -4.67. The third-order valence-electron chi connectivity index (χ3n) is 2.95. The molecule has 0 saturated carbocycles. The molecule has 22 heavy (non-hydrogen) atoms. The quantitative estimate of drug-likeness (QED) is 0.344. The van der Waals surface area contributed by atoms with Crippen LogP contribution in [0.25, 0.3) is 0 Å². The van der Waals surface area contributed by atoms with Crippen molar-refractivity contribution < 1.29 is 22.3 Å². The number of unbranched alkanes of at least 4 members (excludes halogenated alkanes) is 9. The molecule has 7 heteroatoms. The van der Waals surface area contributed by atoms with Gasteiger partial charge in [-0.1, -0.05) is 64.7 Å². The second kappa shape index (κ2) is 18.8. The van der Waals surface area contributed by atoms with Gasteiger partial charge < -0.3 is 10.9 Å². The highest BCUT2D eigenvalue weighted by Gasteiger charge is 1.94. The van der Waals surface area contributed by atoms with E-state index < -0.39 is 10.4 Å². The van der Waals surface area contributed by atoms with Gasteiger partial charge in [0.25, 0.3) is 0 Å². The van der Waals surface area contributed by atoms with Gasteiger partial charge in [-0.3, -0.25) is 9.11 Å². The first-order valence-electron chi connectivity index (χ1n) is 8.08. The molecular formula is C15H37NO5S. The molecule has 0 radical (unpaired) electrons. The normalized spacial score (nSPS) is 10.8. The van der Waals surface area contributed by atoms with E-state index in [4.69, 9.17) is 22.3 Å². The summed E-state index contributed by atoms with van der Waals surface area (Å²) in [4.78, 5) is 0. The Bertz CT molecular complexity index is 286. The molecule has 0 rings (SSSR count). The second-order valence-electron chi connectivity index (χ2n) is 5.55. The molecule has 0 aromatic carbocycles. The monoisotopic (exact) mass is 343 g/mol. The highest BCUT2D eigenvalue weighted by molar-refractivity contribution is 7.79. The SMILES string of the molecule is CCCCCCCCCCCCOC(C)C.N.O=S(=O)(O)O. The first-order valence-corrected chi connectivity index (χ1v) is 9.48. The standard InChI is InChI=1S/C15H32O.H3N.H2O4S/c1-4-5-6-7-8-9-10-11-12-13-14-16-15(2)3;;1-5(2,3)4/h15H,4-14H2,1-3H3;1H3;(H2,1,2,3,4). The van der Waals surface area contributed by atoms with Crippen LogP contribution in [0.15, 0.2) is 0 Å². The molecule has 0 aromatic heterocycles. The summed E-state index contributed by atoms with van der Waals surface area (Å²) >= 11 is 0. The van der Waals surface area contributed by atoms with Crippen LogP contribution >= 0.6 is 0 Å². The molecule has 0 aliphatic rings. The maximum absolute atomic E-state index is 8.74. The Morgan fingerprint density at radius 3 is 1.45 bits per heavy atom. The summed E-state index contributed by atoms with van der Waals surface area (Å²) in [5.74, 6) is 0. The maximum atomic E-state index is 8.74. The van der Waals surface area contributed by atoms with Gasteiger partial charge in [-0.15, -0.1) is 0 Å². The Morgan fingerprint density at radius 1 is 0.818 bits per heavy atom. The van der Waals surface area contributed by atoms with E-state index >= 15 is 0 Å². The second-order valence-corrected chi connectivity index (χ2v) is 6.45. The van der Waals surface area contributed by atoms with E-state index in [-0.39, 0.29) is 6.15 Å². The molecule has 0 aliphatic heterocycles. The fraction of sp³-hybridized carbons (Fsp3) is 1.00. The lowest BCUT2D eigenvalue weighted by Gasteiger charge is -2.06. The maximum Gasteiger partial charge on any atom is 0.394 e. The average Bonchev–Trinajstić information content (AvgIpc) is 2.33. The largest absolute Gasteiger partial charge is 0.394 e. The zero-order chi connectivity index (χ0) is 16.6. The molecule has 0 spiro atoms. The third-order valence-corrected chi connectivity index (χ3v) is 2.95. The number of rotatable bonds is 12. The summed E-state index contributed by atoms with van der Waals surface area (Å²) in [6.45, 7) is 7.44. The van der Waals surface area contributed by atoms with Gasteiger partial charge in [0.1, 0.15) is 0 Å². The molecule has 0 saturated heterocycles. The molecule has 0 atom stereocenters. The van der Waals surface area contributed by atoms with E-state index in [1.165, 1.54) is 64.2 Å². The van der Waals surface area contributed by atoms with Crippen molar-refractivity contribution in [2.45, 2.75) is 91.1 Å². The van der Waals surface area contributed by atoms with Gasteiger partial charge >= 0.3 is 10.4 Å². The molecule has 138 valence electrons. The van der Waals surface area contributed by atoms with E-state index in [0.29, 0.717) is 6.10 Å². The first kappa shape index (κ1) is 26.7. The van der Waals surface area contributed by atoms with E-state index in [1.807, 2.05) is 0 Å². The fourth-order valence-electron chi connectivity index (χ4n) is 1.91. The predicted octanol–water partition coefficient (Wildman–Crippen LogP) is 4.84. The van der Waals surface area contributed by atoms with Gasteiger partial charge in [0.2, 0.25) is 0 Å². The van der Waals surface area contributed by atoms with Crippen LogP contribution in [0, 0.1) is 0 Å². The van der Waals surface area contributed by atoms with E-state index in [9.17, 15) is 0 Å². The lowest BCUT2D eigenvalue weighted by Crippen LogP contribution is -2.03. The van der Waals surface area contributed by atoms with Gasteiger partial charge in [0.05, 0.1) is 6.10 Å². The summed E-state index contributed by atoms with van der Waals surface area (Å²) < 4.78 is 37.1. The molecule has 0 bridgehead atoms. The Labute approximate surface area is 137 Å². The minimum absolute atomic E-state index is 0. The minimum atomic E-state index is -4.67. The molecular weight excluding hydrogens is 306 g/mol. The molecule has 0 heterocycles. The van der Waals surface area contributed by atoms with Crippen LogP contribution in [0.5, 0.6) is 0 Å². The lowest BCUT2D eigenvalue weighted by atomic mass is 10.1. The van der Waals surface area contributed by atoms with Crippen LogP contribution in [-0.4, -0.2) is 30.2 Å². The van der Waals surface area contributed by atoms with Crippen molar-refractivity contribution in [2.75, 3.05) is 6.61 Å². The van der Waals surface area contributed by atoms with Crippen molar-refractivity contribution in [3.63, 3.8) is 0 Å². The summed E-state index contributed by atoms with van der Waals surface area (Å²) in [6, 6.07) is 0. The van der Waals surface area contributed by atoms with Gasteiger partial charge in [-0.05, 0) is 20.3 Å². The molecule has 0 aliphatic carbocycles. The van der Waals surface area contributed by atoms with Gasteiger partial charge in [-0.25, -0.2) is 0 Å². The van der Waals surface area contributed by atoms with Crippen molar-refractivity contribution in [1.82, 2.24) is 6.15 Å². The number of ether oxygens (including phenoxy) is 1. The Kier molecular flexibility index (Phi) is 22.8. The fourth-order valence-corrected chi connectivity index (χ4v) is 1.91. The molecule has 0 aromatic rings. The Hall–Kier alpha value is -0.210. The zero-order valence-electron chi connectivity index (χ0n) is 14.6. The van der Waals surface area contributed by atoms with E-state index in [2.05, 4.69) is 20.8 Å². The van der Waals surface area contributed by atoms with Crippen LogP contribution in [0.3, 0.4) is 0 Å². The highest BCUT2D eigenvalue weighted by Crippen LogP contribution is 2.10. The molecule has 0 fully saturated rings. The van der Waals surface area contributed by atoms with Crippen LogP contribution in [0.1, 0.15) is 85.0 Å². The Balaban J connectivity index is -0.000000520. The minimum Gasteiger partial charge on any atom is -0.379 e. The van der Waals surface area contributed by atoms with Crippen LogP contribution in [0.2, 0.25) is 0 Å². The number of hydrogen-bond acceptors (Lipinski definition) is 4. The predicted molar refractivity (Wildman–Crippen MR) is 92.1 cm³/mol. The van der Waals surface area contributed by atoms with Crippen LogP contribution in [-0.2, 0) is 15.1 Å². The zero-order valence-corrected chi connectivity index (χ0v) is 15.4. The van der Waals surface area contributed by atoms with Crippen molar-refractivity contribution in [2.24, 2.45) is 0 Å². The smallest absolute Gasteiger partial charge is 0.379 e. The Morgan fingerprint density at radius 2 is 1.14 bits per heavy atom. The first-order chi connectivity index (χ1) is 9.77. The molecule has 6 nitrogen and oxygen atoms in total. The highest BCUT2D eigenvalue weighted by atomic mass is 32.3. The van der Waals surface area contributed by atoms with Crippen LogP contribution < -0.4 is 6.15 Å². The third kappa shape index (κ3) is 42.7. The van der Waals surface area contributed by atoms with Gasteiger partial charge in [-0.2, -0.15) is 8.42 Å². The van der Waals surface area contributed by atoms with Crippen molar-refractivity contribution in [3.05, 3.63) is 0 Å². The van der Waals surface area contributed by atoms with Gasteiger partial charge in [0.15, 0.2) is 0 Å². The average molecular weight is 344 g/mol. The summed E-state index contributed by atoms with van der Waals surface area (Å²) in [5, 5.41) is 0. The van der Waals surface area contributed by atoms with Crippen molar-refractivity contribution in [1.29, 1.82) is 0 Å². The van der Waals surface area contributed by atoms with Gasteiger partial charge in [0, 0.05) is 6.61 Å². The van der Waals surface area contributed by atoms with Crippen molar-refractivity contribution >= 4 is 10.4 Å². The van der Waals surface area contributed by atoms with E-state index in [1.54, 1.807) is 0 Å². The van der Waals surface area contributed by atoms with E-state index in [0.717, 1.165) is 6.61 Å². The molecule has 0 unspecified atom stereocenters. The topological polar surface area (TPSA) is 119 Å². The summed E-state index contributed by atoms with van der Waals surface area (Å²) in [5.41, 5.74) is 0. The summed E-state index contributed by atoms with van der Waals surface area (Å²) in [6.07, 6.45) is 14.4. The number of hydrogen-bond donors (Lipinski definition) is 3. The van der Waals surface area contributed by atoms with Crippen molar-refractivity contribution in [3.8, 4) is 0 Å².